The Morgan fingerprint density at radius 1 is 1.39 bits per heavy atom. The van der Waals surface area contributed by atoms with E-state index >= 15 is 0 Å². The lowest BCUT2D eigenvalue weighted by Gasteiger charge is -2.13. The molecule has 2 N–H and O–H groups in total. The minimum absolute atomic E-state index is 0.0425. The predicted octanol–water partition coefficient (Wildman–Crippen LogP) is 2.73. The van der Waals surface area contributed by atoms with E-state index in [0.717, 1.165) is 12.1 Å². The van der Waals surface area contributed by atoms with Gasteiger partial charge >= 0.3 is 5.97 Å². The largest absolute Gasteiger partial charge is 0.480 e. The van der Waals surface area contributed by atoms with E-state index in [0.29, 0.717) is 0 Å². The Kier molecular flexibility index (Phi) is 4.93. The molecule has 1 atom stereocenters. The van der Waals surface area contributed by atoms with Crippen molar-refractivity contribution in [2.75, 3.05) is 0 Å². The number of benzene rings is 1. The molecule has 0 aromatic heterocycles. The summed E-state index contributed by atoms with van der Waals surface area (Å²) in [5.74, 6) is -2.73. The second kappa shape index (κ2) is 6.02. The van der Waals surface area contributed by atoms with Crippen molar-refractivity contribution in [3.05, 3.63) is 33.6 Å². The summed E-state index contributed by atoms with van der Waals surface area (Å²) < 4.78 is 13.2. The standard InChI is InChI=1S/C11H10Cl2FNO3/c1-2-9(11(17)18)15-10(16)5-3-8(14)7(13)4-6(5)12/h3-4,9H,2H2,1H3,(H,15,16)(H,17,18). The minimum Gasteiger partial charge on any atom is -0.480 e. The SMILES string of the molecule is CCC(NC(=O)c1cc(F)c(Cl)cc1Cl)C(=O)O. The highest BCUT2D eigenvalue weighted by Crippen LogP contribution is 2.24. The molecule has 0 aliphatic heterocycles. The van der Waals surface area contributed by atoms with E-state index in [1.54, 1.807) is 6.92 Å². The van der Waals surface area contributed by atoms with Crippen molar-refractivity contribution in [3.63, 3.8) is 0 Å². The van der Waals surface area contributed by atoms with Crippen LogP contribution >= 0.6 is 23.2 Å². The van der Waals surface area contributed by atoms with Gasteiger partial charge < -0.3 is 10.4 Å². The van der Waals surface area contributed by atoms with Crippen LogP contribution in [-0.2, 0) is 4.79 Å². The fourth-order valence-electron chi connectivity index (χ4n) is 1.27. The summed E-state index contributed by atoms with van der Waals surface area (Å²) in [4.78, 5) is 22.5. The van der Waals surface area contributed by atoms with Gasteiger partial charge in [-0.05, 0) is 18.6 Å². The van der Waals surface area contributed by atoms with Gasteiger partial charge in [0.15, 0.2) is 0 Å². The molecule has 1 amide bonds. The first-order chi connectivity index (χ1) is 8.36. The van der Waals surface area contributed by atoms with Gasteiger partial charge in [0.05, 0.1) is 15.6 Å². The normalized spacial score (nSPS) is 12.0. The van der Waals surface area contributed by atoms with Gasteiger partial charge in [0.1, 0.15) is 11.9 Å². The van der Waals surface area contributed by atoms with E-state index < -0.39 is 23.7 Å². The molecule has 1 aromatic rings. The molecular formula is C11H10Cl2FNO3. The van der Waals surface area contributed by atoms with Crippen LogP contribution < -0.4 is 5.32 Å². The van der Waals surface area contributed by atoms with Crippen LogP contribution in [-0.4, -0.2) is 23.0 Å². The molecule has 0 aliphatic carbocycles. The number of rotatable bonds is 4. The van der Waals surface area contributed by atoms with E-state index in [4.69, 9.17) is 28.3 Å². The lowest BCUT2D eigenvalue weighted by molar-refractivity contribution is -0.139. The molecule has 18 heavy (non-hydrogen) atoms. The van der Waals surface area contributed by atoms with Crippen LogP contribution in [0.3, 0.4) is 0 Å². The maximum atomic E-state index is 13.2. The Labute approximate surface area is 113 Å². The number of hydrogen-bond acceptors (Lipinski definition) is 2. The van der Waals surface area contributed by atoms with Gasteiger partial charge in [-0.25, -0.2) is 9.18 Å². The van der Waals surface area contributed by atoms with E-state index in [9.17, 15) is 14.0 Å². The van der Waals surface area contributed by atoms with Gasteiger partial charge in [-0.3, -0.25) is 4.79 Å². The second-order valence-electron chi connectivity index (χ2n) is 3.52. The molecule has 0 heterocycles. The molecule has 7 heteroatoms. The Hall–Kier alpha value is -1.33. The molecule has 98 valence electrons. The van der Waals surface area contributed by atoms with Crippen molar-refractivity contribution in [2.24, 2.45) is 0 Å². The average Bonchev–Trinajstić information content (AvgIpc) is 2.29. The summed E-state index contributed by atoms with van der Waals surface area (Å²) in [5.41, 5.74) is -0.154. The number of carboxylic acids is 1. The van der Waals surface area contributed by atoms with Crippen LogP contribution in [0.15, 0.2) is 12.1 Å². The number of hydrogen-bond donors (Lipinski definition) is 2. The Morgan fingerprint density at radius 3 is 2.50 bits per heavy atom. The van der Waals surface area contributed by atoms with Crippen LogP contribution in [0.1, 0.15) is 23.7 Å². The van der Waals surface area contributed by atoms with Crippen molar-refractivity contribution in [3.8, 4) is 0 Å². The maximum absolute atomic E-state index is 13.2. The van der Waals surface area contributed by atoms with Crippen molar-refractivity contribution in [1.82, 2.24) is 5.32 Å². The fourth-order valence-corrected chi connectivity index (χ4v) is 1.74. The van der Waals surface area contributed by atoms with Crippen molar-refractivity contribution in [2.45, 2.75) is 19.4 Å². The monoisotopic (exact) mass is 293 g/mol. The van der Waals surface area contributed by atoms with E-state index in [-0.39, 0.29) is 22.0 Å². The van der Waals surface area contributed by atoms with Gasteiger partial charge in [0.25, 0.3) is 5.91 Å². The smallest absolute Gasteiger partial charge is 0.326 e. The van der Waals surface area contributed by atoms with Gasteiger partial charge in [-0.1, -0.05) is 30.1 Å². The zero-order valence-electron chi connectivity index (χ0n) is 9.34. The van der Waals surface area contributed by atoms with Gasteiger partial charge in [-0.15, -0.1) is 0 Å². The zero-order chi connectivity index (χ0) is 13.9. The summed E-state index contributed by atoms with van der Waals surface area (Å²) in [6.07, 6.45) is 0.203. The van der Waals surface area contributed by atoms with Crippen molar-refractivity contribution in [1.29, 1.82) is 0 Å². The highest BCUT2D eigenvalue weighted by Gasteiger charge is 2.21. The topological polar surface area (TPSA) is 66.4 Å². The van der Waals surface area contributed by atoms with Crippen LogP contribution in [0.2, 0.25) is 10.0 Å². The summed E-state index contributed by atoms with van der Waals surface area (Å²) in [5, 5.41) is 10.8. The number of carbonyl (C=O) groups is 2. The van der Waals surface area contributed by atoms with E-state index in [2.05, 4.69) is 5.32 Å². The Bertz CT molecular complexity index is 493. The molecule has 0 spiro atoms. The van der Waals surface area contributed by atoms with Crippen molar-refractivity contribution >= 4 is 35.1 Å². The summed E-state index contributed by atoms with van der Waals surface area (Å²) in [6.45, 7) is 1.60. The summed E-state index contributed by atoms with van der Waals surface area (Å²) >= 11 is 11.2. The summed E-state index contributed by atoms with van der Waals surface area (Å²) in [6, 6.07) is 0.913. The molecular weight excluding hydrogens is 284 g/mol. The fraction of sp³-hybridized carbons (Fsp3) is 0.273. The second-order valence-corrected chi connectivity index (χ2v) is 4.33. The zero-order valence-corrected chi connectivity index (χ0v) is 10.8. The third-order valence-corrected chi connectivity index (χ3v) is 2.87. The van der Waals surface area contributed by atoms with Crippen LogP contribution in [0, 0.1) is 5.82 Å². The van der Waals surface area contributed by atoms with Gasteiger partial charge in [0, 0.05) is 0 Å². The van der Waals surface area contributed by atoms with Gasteiger partial charge in [0.2, 0.25) is 0 Å². The first-order valence-electron chi connectivity index (χ1n) is 5.05. The quantitative estimate of drug-likeness (QED) is 0.839. The molecule has 0 saturated heterocycles. The molecule has 0 bridgehead atoms. The average molecular weight is 294 g/mol. The number of amides is 1. The predicted molar refractivity (Wildman–Crippen MR) is 65.6 cm³/mol. The molecule has 0 radical (unpaired) electrons. The lowest BCUT2D eigenvalue weighted by atomic mass is 10.1. The number of carbonyl (C=O) groups excluding carboxylic acids is 1. The van der Waals surface area contributed by atoms with Gasteiger partial charge in [-0.2, -0.15) is 0 Å². The molecule has 0 aliphatic rings. The third kappa shape index (κ3) is 3.34. The lowest BCUT2D eigenvalue weighted by Crippen LogP contribution is -2.40. The highest BCUT2D eigenvalue weighted by molar-refractivity contribution is 6.36. The molecule has 1 aromatic carbocycles. The van der Waals surface area contributed by atoms with E-state index in [1.807, 2.05) is 0 Å². The number of aliphatic carboxylic acids is 1. The van der Waals surface area contributed by atoms with Crippen LogP contribution in [0.4, 0.5) is 4.39 Å². The van der Waals surface area contributed by atoms with Crippen molar-refractivity contribution < 1.29 is 19.1 Å². The number of halogens is 3. The molecule has 1 rings (SSSR count). The molecule has 0 fully saturated rings. The van der Waals surface area contributed by atoms with Crippen LogP contribution in [0.5, 0.6) is 0 Å². The Morgan fingerprint density at radius 2 is 2.00 bits per heavy atom. The first-order valence-corrected chi connectivity index (χ1v) is 5.80. The highest BCUT2D eigenvalue weighted by atomic mass is 35.5. The molecule has 4 nitrogen and oxygen atoms in total. The third-order valence-electron chi connectivity index (χ3n) is 2.27. The molecule has 1 unspecified atom stereocenters. The van der Waals surface area contributed by atoms with Crippen LogP contribution in [0.25, 0.3) is 0 Å². The Balaban J connectivity index is 2.97. The maximum Gasteiger partial charge on any atom is 0.326 e. The first kappa shape index (κ1) is 14.7. The molecule has 0 saturated carbocycles. The minimum atomic E-state index is -1.17. The number of nitrogens with one attached hydrogen (secondary N) is 1. The van der Waals surface area contributed by atoms with E-state index in [1.165, 1.54) is 0 Å². The summed E-state index contributed by atoms with van der Waals surface area (Å²) in [7, 11) is 0. The number of carboxylic acid groups (broad SMARTS) is 1.